The van der Waals surface area contributed by atoms with Crippen molar-refractivity contribution in [1.82, 2.24) is 0 Å². The van der Waals surface area contributed by atoms with Crippen molar-refractivity contribution in [2.45, 2.75) is 52.9 Å². The number of para-hydroxylation sites is 1. The van der Waals surface area contributed by atoms with Crippen molar-refractivity contribution < 1.29 is 19.1 Å². The predicted octanol–water partition coefficient (Wildman–Crippen LogP) is 5.55. The molecule has 0 aliphatic rings. The third-order valence-corrected chi connectivity index (χ3v) is 4.78. The summed E-state index contributed by atoms with van der Waals surface area (Å²) >= 11 is 0. The molecule has 0 aliphatic heterocycles. The Kier molecular flexibility index (Phi) is 8.24. The van der Waals surface area contributed by atoms with Crippen molar-refractivity contribution in [3.8, 4) is 5.75 Å². The van der Waals surface area contributed by atoms with E-state index in [1.54, 1.807) is 13.0 Å². The van der Waals surface area contributed by atoms with Gasteiger partial charge in [0, 0.05) is 0 Å². The van der Waals surface area contributed by atoms with E-state index >= 15 is 0 Å². The van der Waals surface area contributed by atoms with Crippen LogP contribution in [0.1, 0.15) is 67.9 Å². The van der Waals surface area contributed by atoms with Crippen LogP contribution in [0.25, 0.3) is 0 Å². The third kappa shape index (κ3) is 5.95. The van der Waals surface area contributed by atoms with Gasteiger partial charge in [-0.25, -0.2) is 4.79 Å². The van der Waals surface area contributed by atoms with Crippen molar-refractivity contribution in [2.24, 2.45) is 5.92 Å². The zero-order valence-electron chi connectivity index (χ0n) is 17.2. The van der Waals surface area contributed by atoms with Gasteiger partial charge in [0.1, 0.15) is 5.75 Å². The average molecular weight is 383 g/mol. The van der Waals surface area contributed by atoms with Gasteiger partial charge >= 0.3 is 11.9 Å². The number of benzene rings is 2. The highest BCUT2D eigenvalue weighted by Gasteiger charge is 2.21. The summed E-state index contributed by atoms with van der Waals surface area (Å²) in [5.41, 5.74) is 2.65. The SMILES string of the molecule is CCCc1ccc(C(=O)Oc2ccccc2C(C)CC(C)C(=O)OCC)cc1. The Morgan fingerprint density at radius 3 is 2.29 bits per heavy atom. The van der Waals surface area contributed by atoms with Gasteiger partial charge < -0.3 is 9.47 Å². The number of esters is 2. The molecule has 2 rings (SSSR count). The number of hydrogen-bond donors (Lipinski definition) is 0. The van der Waals surface area contributed by atoms with Gasteiger partial charge in [-0.05, 0) is 55.0 Å². The van der Waals surface area contributed by atoms with Crippen LogP contribution in [0.3, 0.4) is 0 Å². The summed E-state index contributed by atoms with van der Waals surface area (Å²) in [6, 6.07) is 15.0. The van der Waals surface area contributed by atoms with E-state index in [2.05, 4.69) is 6.92 Å². The van der Waals surface area contributed by atoms with Crippen LogP contribution in [-0.4, -0.2) is 18.5 Å². The minimum atomic E-state index is -0.374. The molecule has 0 fully saturated rings. The van der Waals surface area contributed by atoms with E-state index in [9.17, 15) is 9.59 Å². The van der Waals surface area contributed by atoms with E-state index in [1.807, 2.05) is 56.3 Å². The van der Waals surface area contributed by atoms with Crippen molar-refractivity contribution in [3.63, 3.8) is 0 Å². The van der Waals surface area contributed by atoms with Crippen LogP contribution in [-0.2, 0) is 16.0 Å². The van der Waals surface area contributed by atoms with E-state index in [0.717, 1.165) is 18.4 Å². The molecule has 0 saturated carbocycles. The van der Waals surface area contributed by atoms with E-state index in [0.29, 0.717) is 24.3 Å². The lowest BCUT2D eigenvalue weighted by molar-refractivity contribution is -0.147. The Morgan fingerprint density at radius 1 is 0.964 bits per heavy atom. The lowest BCUT2D eigenvalue weighted by atomic mass is 9.90. The molecule has 2 unspecified atom stereocenters. The zero-order valence-corrected chi connectivity index (χ0v) is 17.2. The van der Waals surface area contributed by atoms with E-state index in [-0.39, 0.29) is 23.8 Å². The molecular weight excluding hydrogens is 352 g/mol. The van der Waals surface area contributed by atoms with Gasteiger partial charge in [-0.2, -0.15) is 0 Å². The molecule has 0 radical (unpaired) electrons. The average Bonchev–Trinajstić information content (AvgIpc) is 2.69. The number of hydrogen-bond acceptors (Lipinski definition) is 4. The van der Waals surface area contributed by atoms with Crippen molar-refractivity contribution >= 4 is 11.9 Å². The maximum absolute atomic E-state index is 12.6. The summed E-state index contributed by atoms with van der Waals surface area (Å²) < 4.78 is 10.8. The second-order valence-electron chi connectivity index (χ2n) is 7.16. The summed E-state index contributed by atoms with van der Waals surface area (Å²) in [7, 11) is 0. The first kappa shape index (κ1) is 21.7. The fourth-order valence-electron chi connectivity index (χ4n) is 3.27. The quantitative estimate of drug-likeness (QED) is 0.421. The van der Waals surface area contributed by atoms with Crippen LogP contribution in [0.5, 0.6) is 5.75 Å². The van der Waals surface area contributed by atoms with E-state index in [1.165, 1.54) is 5.56 Å². The van der Waals surface area contributed by atoms with Crippen molar-refractivity contribution in [3.05, 3.63) is 65.2 Å². The molecule has 4 nitrogen and oxygen atoms in total. The highest BCUT2D eigenvalue weighted by molar-refractivity contribution is 5.91. The Hall–Kier alpha value is -2.62. The molecule has 150 valence electrons. The molecule has 0 saturated heterocycles. The number of aryl methyl sites for hydroxylation is 1. The zero-order chi connectivity index (χ0) is 20.5. The number of carbonyl (C=O) groups is 2. The summed E-state index contributed by atoms with van der Waals surface area (Å²) in [6.07, 6.45) is 2.69. The van der Waals surface area contributed by atoms with Gasteiger partial charge in [-0.1, -0.05) is 57.5 Å². The fraction of sp³-hybridized carbons (Fsp3) is 0.417. The maximum atomic E-state index is 12.6. The fourth-order valence-corrected chi connectivity index (χ4v) is 3.27. The number of rotatable bonds is 9. The van der Waals surface area contributed by atoms with Crippen LogP contribution in [0.2, 0.25) is 0 Å². The van der Waals surface area contributed by atoms with Gasteiger partial charge in [-0.15, -0.1) is 0 Å². The Balaban J connectivity index is 2.10. The van der Waals surface area contributed by atoms with Crippen LogP contribution >= 0.6 is 0 Å². The first-order valence-corrected chi connectivity index (χ1v) is 10.0. The predicted molar refractivity (Wildman–Crippen MR) is 111 cm³/mol. The van der Waals surface area contributed by atoms with Gasteiger partial charge in [0.2, 0.25) is 0 Å². The summed E-state index contributed by atoms with van der Waals surface area (Å²) in [5, 5.41) is 0. The van der Waals surface area contributed by atoms with E-state index < -0.39 is 0 Å². The van der Waals surface area contributed by atoms with Crippen molar-refractivity contribution in [1.29, 1.82) is 0 Å². The molecule has 0 spiro atoms. The van der Waals surface area contributed by atoms with Gasteiger partial charge in [0.15, 0.2) is 0 Å². The molecular formula is C24H30O4. The smallest absolute Gasteiger partial charge is 0.343 e. The van der Waals surface area contributed by atoms with Crippen LogP contribution in [0.4, 0.5) is 0 Å². The Labute approximate surface area is 167 Å². The maximum Gasteiger partial charge on any atom is 0.343 e. The molecule has 2 atom stereocenters. The highest BCUT2D eigenvalue weighted by Crippen LogP contribution is 2.31. The molecule has 2 aromatic rings. The van der Waals surface area contributed by atoms with Crippen molar-refractivity contribution in [2.75, 3.05) is 6.61 Å². The summed E-state index contributed by atoms with van der Waals surface area (Å²) in [4.78, 5) is 24.5. The number of ether oxygens (including phenoxy) is 2. The Bertz CT molecular complexity index is 779. The second kappa shape index (κ2) is 10.6. The standard InChI is InChI=1S/C24H30O4/c1-5-9-19-12-14-20(15-13-19)24(26)28-22-11-8-7-10-21(22)17(3)16-18(4)23(25)27-6-2/h7-8,10-15,17-18H,5-6,9,16H2,1-4H3. The molecule has 2 aromatic carbocycles. The minimum absolute atomic E-state index is 0.0512. The molecule has 0 heterocycles. The summed E-state index contributed by atoms with van der Waals surface area (Å²) in [6.45, 7) is 8.20. The Morgan fingerprint density at radius 2 is 1.64 bits per heavy atom. The van der Waals surface area contributed by atoms with Crippen LogP contribution in [0.15, 0.2) is 48.5 Å². The molecule has 0 N–H and O–H groups in total. The monoisotopic (exact) mass is 382 g/mol. The largest absolute Gasteiger partial charge is 0.466 e. The first-order valence-electron chi connectivity index (χ1n) is 10.0. The molecule has 4 heteroatoms. The third-order valence-electron chi connectivity index (χ3n) is 4.78. The van der Waals surface area contributed by atoms with Gasteiger partial charge in [-0.3, -0.25) is 4.79 Å². The van der Waals surface area contributed by atoms with Gasteiger partial charge in [0.25, 0.3) is 0 Å². The highest BCUT2D eigenvalue weighted by atomic mass is 16.5. The normalized spacial score (nSPS) is 12.9. The number of carbonyl (C=O) groups excluding carboxylic acids is 2. The molecule has 0 amide bonds. The van der Waals surface area contributed by atoms with Crippen LogP contribution in [0, 0.1) is 5.92 Å². The molecule has 0 aliphatic carbocycles. The first-order chi connectivity index (χ1) is 13.5. The topological polar surface area (TPSA) is 52.6 Å². The molecule has 28 heavy (non-hydrogen) atoms. The lowest BCUT2D eigenvalue weighted by Gasteiger charge is -2.19. The summed E-state index contributed by atoms with van der Waals surface area (Å²) in [5.74, 6) is -0.203. The van der Waals surface area contributed by atoms with Gasteiger partial charge in [0.05, 0.1) is 18.1 Å². The molecule has 0 bridgehead atoms. The van der Waals surface area contributed by atoms with Crippen LogP contribution < -0.4 is 4.74 Å². The van der Waals surface area contributed by atoms with E-state index in [4.69, 9.17) is 9.47 Å². The molecule has 0 aromatic heterocycles. The second-order valence-corrected chi connectivity index (χ2v) is 7.16. The minimum Gasteiger partial charge on any atom is -0.466 e. The lowest BCUT2D eigenvalue weighted by Crippen LogP contribution is -2.17.